The van der Waals surface area contributed by atoms with Crippen LogP contribution in [0.2, 0.25) is 0 Å². The summed E-state index contributed by atoms with van der Waals surface area (Å²) in [6, 6.07) is 9.02. The molecule has 3 rings (SSSR count). The van der Waals surface area contributed by atoms with Crippen molar-refractivity contribution in [2.24, 2.45) is 0 Å². The van der Waals surface area contributed by atoms with Crippen LogP contribution in [0.25, 0.3) is 0 Å². The number of rotatable bonds is 3. The molecule has 1 aliphatic rings. The molecule has 1 aromatic heterocycles. The number of nitrogens with zero attached hydrogens (tertiary/aromatic N) is 2. The lowest BCUT2D eigenvalue weighted by Gasteiger charge is -2.32. The molecule has 6 heteroatoms. The predicted molar refractivity (Wildman–Crippen MR) is 78.6 cm³/mol. The van der Waals surface area contributed by atoms with Gasteiger partial charge in [-0.15, -0.1) is 0 Å². The van der Waals surface area contributed by atoms with E-state index in [-0.39, 0.29) is 24.2 Å². The number of carbonyl (C=O) groups is 2. The summed E-state index contributed by atoms with van der Waals surface area (Å²) in [5.41, 5.74) is 1.26. The first-order valence-corrected chi connectivity index (χ1v) is 7.01. The van der Waals surface area contributed by atoms with Gasteiger partial charge in [-0.05, 0) is 29.8 Å². The minimum absolute atomic E-state index is 0.179. The normalized spacial score (nSPS) is 17.3. The molecule has 5 nitrogen and oxygen atoms in total. The lowest BCUT2D eigenvalue weighted by Crippen LogP contribution is -2.53. The molecule has 0 saturated heterocycles. The number of hydrogen-bond acceptors (Lipinski definition) is 2. The summed E-state index contributed by atoms with van der Waals surface area (Å²) >= 11 is 0. The largest absolute Gasteiger partial charge is 0.350 e. The highest BCUT2D eigenvalue weighted by Gasteiger charge is 2.33. The topological polar surface area (TPSA) is 54.3 Å². The number of nitrogens with one attached hydrogen (secondary N) is 1. The van der Waals surface area contributed by atoms with Gasteiger partial charge in [0.2, 0.25) is 5.91 Å². The van der Waals surface area contributed by atoms with E-state index >= 15 is 0 Å². The third-order valence-corrected chi connectivity index (χ3v) is 3.86. The van der Waals surface area contributed by atoms with Gasteiger partial charge >= 0.3 is 0 Å². The van der Waals surface area contributed by atoms with Crippen LogP contribution in [0, 0.1) is 5.82 Å². The molecule has 1 N–H and O–H groups in total. The van der Waals surface area contributed by atoms with Gasteiger partial charge in [0.05, 0.1) is 6.54 Å². The van der Waals surface area contributed by atoms with Gasteiger partial charge < -0.3 is 14.8 Å². The second-order valence-electron chi connectivity index (χ2n) is 5.33. The number of hydrogen-bond donors (Lipinski definition) is 1. The monoisotopic (exact) mass is 301 g/mol. The van der Waals surface area contributed by atoms with Gasteiger partial charge in [-0.25, -0.2) is 4.39 Å². The van der Waals surface area contributed by atoms with Crippen LogP contribution in [0.3, 0.4) is 0 Å². The van der Waals surface area contributed by atoms with E-state index in [4.69, 9.17) is 0 Å². The van der Waals surface area contributed by atoms with E-state index < -0.39 is 6.04 Å². The number of halogens is 1. The summed E-state index contributed by atoms with van der Waals surface area (Å²) in [5.74, 6) is -0.768. The van der Waals surface area contributed by atoms with Gasteiger partial charge in [0, 0.05) is 19.8 Å². The van der Waals surface area contributed by atoms with Crippen molar-refractivity contribution in [2.75, 3.05) is 7.05 Å². The molecule has 0 fully saturated rings. The lowest BCUT2D eigenvalue weighted by atomic mass is 10.1. The Hall–Kier alpha value is -2.63. The van der Waals surface area contributed by atoms with Crippen molar-refractivity contribution in [3.8, 4) is 0 Å². The third kappa shape index (κ3) is 2.59. The average Bonchev–Trinajstić information content (AvgIpc) is 2.97. The highest BCUT2D eigenvalue weighted by Crippen LogP contribution is 2.17. The molecule has 0 radical (unpaired) electrons. The Labute approximate surface area is 127 Å². The van der Waals surface area contributed by atoms with Gasteiger partial charge in [0.1, 0.15) is 17.6 Å². The van der Waals surface area contributed by atoms with Gasteiger partial charge in [0.15, 0.2) is 0 Å². The Morgan fingerprint density at radius 1 is 1.36 bits per heavy atom. The zero-order chi connectivity index (χ0) is 15.7. The molecule has 2 amide bonds. The van der Waals surface area contributed by atoms with Crippen LogP contribution < -0.4 is 5.32 Å². The van der Waals surface area contributed by atoms with Gasteiger partial charge in [0.25, 0.3) is 5.91 Å². The SMILES string of the molecule is CN1C(=O)c2cccn2CC1C(=O)NCc1cccc(F)c1. The number of benzene rings is 1. The van der Waals surface area contributed by atoms with Crippen molar-refractivity contribution in [1.29, 1.82) is 0 Å². The van der Waals surface area contributed by atoms with Crippen molar-refractivity contribution in [2.45, 2.75) is 19.1 Å². The van der Waals surface area contributed by atoms with Crippen molar-refractivity contribution < 1.29 is 14.0 Å². The first-order valence-electron chi connectivity index (χ1n) is 7.01. The maximum atomic E-state index is 13.1. The Morgan fingerprint density at radius 2 is 2.18 bits per heavy atom. The molecule has 22 heavy (non-hydrogen) atoms. The molecule has 0 saturated carbocycles. The molecule has 1 aliphatic heterocycles. The maximum absolute atomic E-state index is 13.1. The number of likely N-dealkylation sites (N-methyl/N-ethyl adjacent to an activating group) is 1. The number of amides is 2. The minimum atomic E-state index is -0.569. The number of fused-ring (bicyclic) bond motifs is 1. The van der Waals surface area contributed by atoms with Crippen molar-refractivity contribution >= 4 is 11.8 Å². The Morgan fingerprint density at radius 3 is 2.95 bits per heavy atom. The molecular weight excluding hydrogens is 285 g/mol. The van der Waals surface area contributed by atoms with Crippen molar-refractivity contribution in [3.05, 3.63) is 59.7 Å². The van der Waals surface area contributed by atoms with Crippen LogP contribution in [0.4, 0.5) is 4.39 Å². The van der Waals surface area contributed by atoms with Gasteiger partial charge in [-0.2, -0.15) is 0 Å². The van der Waals surface area contributed by atoms with Crippen LogP contribution in [0.15, 0.2) is 42.6 Å². The lowest BCUT2D eigenvalue weighted by molar-refractivity contribution is -0.126. The summed E-state index contributed by atoms with van der Waals surface area (Å²) in [6.07, 6.45) is 1.78. The Kier molecular flexibility index (Phi) is 3.66. The zero-order valence-electron chi connectivity index (χ0n) is 12.1. The molecule has 2 aromatic rings. The van der Waals surface area contributed by atoms with Crippen LogP contribution in [0.1, 0.15) is 16.1 Å². The summed E-state index contributed by atoms with van der Waals surface area (Å²) in [5, 5.41) is 2.76. The van der Waals surface area contributed by atoms with Crippen LogP contribution >= 0.6 is 0 Å². The van der Waals surface area contributed by atoms with Crippen molar-refractivity contribution in [1.82, 2.24) is 14.8 Å². The second kappa shape index (κ2) is 5.63. The molecule has 1 aromatic carbocycles. The maximum Gasteiger partial charge on any atom is 0.270 e. The van der Waals surface area contributed by atoms with Crippen LogP contribution in [0.5, 0.6) is 0 Å². The fourth-order valence-electron chi connectivity index (χ4n) is 2.61. The highest BCUT2D eigenvalue weighted by molar-refractivity contribution is 5.97. The van der Waals surface area contributed by atoms with Crippen molar-refractivity contribution in [3.63, 3.8) is 0 Å². The smallest absolute Gasteiger partial charge is 0.270 e. The summed E-state index contributed by atoms with van der Waals surface area (Å²) in [7, 11) is 1.62. The van der Waals surface area contributed by atoms with E-state index in [1.54, 1.807) is 42.1 Å². The van der Waals surface area contributed by atoms with E-state index in [0.717, 1.165) is 0 Å². The first kappa shape index (κ1) is 14.3. The fourth-order valence-corrected chi connectivity index (χ4v) is 2.61. The summed E-state index contributed by atoms with van der Waals surface area (Å²) in [6.45, 7) is 0.646. The molecule has 1 atom stereocenters. The van der Waals surface area contributed by atoms with E-state index in [0.29, 0.717) is 17.8 Å². The van der Waals surface area contributed by atoms with E-state index in [9.17, 15) is 14.0 Å². The number of aromatic nitrogens is 1. The van der Waals surface area contributed by atoms with Gasteiger partial charge in [-0.1, -0.05) is 12.1 Å². The molecule has 0 bridgehead atoms. The zero-order valence-corrected chi connectivity index (χ0v) is 12.1. The number of carbonyl (C=O) groups excluding carboxylic acids is 2. The second-order valence-corrected chi connectivity index (χ2v) is 5.33. The molecule has 0 spiro atoms. The third-order valence-electron chi connectivity index (χ3n) is 3.86. The van der Waals surface area contributed by atoms with E-state index in [2.05, 4.69) is 5.32 Å². The van der Waals surface area contributed by atoms with Crippen LogP contribution in [-0.4, -0.2) is 34.4 Å². The standard InChI is InChI=1S/C16H16FN3O2/c1-19-14(10-20-7-3-6-13(20)16(19)22)15(21)18-9-11-4-2-5-12(17)8-11/h2-8,14H,9-10H2,1H3,(H,18,21). The minimum Gasteiger partial charge on any atom is -0.350 e. The molecule has 1 unspecified atom stereocenters. The highest BCUT2D eigenvalue weighted by atomic mass is 19.1. The summed E-state index contributed by atoms with van der Waals surface area (Å²) < 4.78 is 14.9. The predicted octanol–water partition coefficient (Wildman–Crippen LogP) is 1.40. The molecular formula is C16H16FN3O2. The average molecular weight is 301 g/mol. The molecule has 114 valence electrons. The summed E-state index contributed by atoms with van der Waals surface area (Å²) in [4.78, 5) is 26.0. The quantitative estimate of drug-likeness (QED) is 0.931. The fraction of sp³-hybridized carbons (Fsp3) is 0.250. The van der Waals surface area contributed by atoms with E-state index in [1.807, 2.05) is 0 Å². The first-order chi connectivity index (χ1) is 10.6. The van der Waals surface area contributed by atoms with Crippen LogP contribution in [-0.2, 0) is 17.9 Å². The Bertz CT molecular complexity index is 726. The molecule has 0 aliphatic carbocycles. The Balaban J connectivity index is 1.69. The van der Waals surface area contributed by atoms with E-state index in [1.165, 1.54) is 17.0 Å². The molecule has 2 heterocycles. The van der Waals surface area contributed by atoms with Gasteiger partial charge in [-0.3, -0.25) is 9.59 Å².